The van der Waals surface area contributed by atoms with Crippen molar-refractivity contribution in [1.82, 2.24) is 4.98 Å². The number of nitrogens with zero attached hydrogens (tertiary/aromatic N) is 1. The molecule has 0 amide bonds. The van der Waals surface area contributed by atoms with Crippen LogP contribution in [-0.4, -0.2) is 24.0 Å². The Kier molecular flexibility index (Phi) is 7.94. The Balaban J connectivity index is 0.00000141. The Morgan fingerprint density at radius 1 is 1.12 bits per heavy atom. The van der Waals surface area contributed by atoms with Crippen LogP contribution in [0.25, 0.3) is 5.57 Å². The smallest absolute Gasteiger partial charge is 0.222 e. The van der Waals surface area contributed by atoms with E-state index >= 15 is 0 Å². The highest BCUT2D eigenvalue weighted by Gasteiger charge is 2.49. The van der Waals surface area contributed by atoms with Gasteiger partial charge in [0.05, 0.1) is 18.9 Å². The van der Waals surface area contributed by atoms with E-state index < -0.39 is 0 Å². The first-order valence-electron chi connectivity index (χ1n) is 11.8. The lowest BCUT2D eigenvalue weighted by molar-refractivity contribution is 0.0982. The molecule has 0 bridgehead atoms. The van der Waals surface area contributed by atoms with Gasteiger partial charge in [-0.25, -0.2) is 4.98 Å². The molecule has 0 radical (unpaired) electrons. The molecule has 5 nitrogen and oxygen atoms in total. The van der Waals surface area contributed by atoms with Crippen molar-refractivity contribution in [2.24, 2.45) is 11.8 Å². The molecule has 2 atom stereocenters. The Morgan fingerprint density at radius 3 is 2.56 bits per heavy atom. The quantitative estimate of drug-likeness (QED) is 0.422. The molecule has 0 aliphatic heterocycles. The fourth-order valence-corrected chi connectivity index (χ4v) is 4.21. The summed E-state index contributed by atoms with van der Waals surface area (Å²) in [5.41, 5.74) is 4.85. The fraction of sp³-hybridized carbons (Fsp3) is 0.481. The van der Waals surface area contributed by atoms with Crippen molar-refractivity contribution in [2.45, 2.75) is 60.8 Å². The van der Waals surface area contributed by atoms with Crippen LogP contribution >= 0.6 is 0 Å². The maximum atomic E-state index is 12.6. The second-order valence-corrected chi connectivity index (χ2v) is 8.03. The van der Waals surface area contributed by atoms with Crippen LogP contribution in [0, 0.1) is 25.7 Å². The first-order valence-corrected chi connectivity index (χ1v) is 11.8. The summed E-state index contributed by atoms with van der Waals surface area (Å²) >= 11 is 0. The van der Waals surface area contributed by atoms with Gasteiger partial charge in [-0.15, -0.1) is 0 Å². The van der Waals surface area contributed by atoms with Crippen LogP contribution in [0.5, 0.6) is 0 Å². The van der Waals surface area contributed by atoms with Gasteiger partial charge in [0.25, 0.3) is 0 Å². The summed E-state index contributed by atoms with van der Waals surface area (Å²) in [5, 5.41) is 0. The molecule has 4 rings (SSSR count). The average Bonchev–Trinajstić information content (AvgIpc) is 3.44. The summed E-state index contributed by atoms with van der Waals surface area (Å²) in [5.74, 6) is 3.24. The summed E-state index contributed by atoms with van der Waals surface area (Å²) in [4.78, 5) is 17.3. The molecular weight excluding hydrogens is 402 g/mol. The molecule has 32 heavy (non-hydrogen) atoms. The minimum Gasteiger partial charge on any atom is -0.494 e. The van der Waals surface area contributed by atoms with Gasteiger partial charge in [0.2, 0.25) is 5.89 Å². The number of fused-ring (bicyclic) bond motifs is 1. The Morgan fingerprint density at radius 2 is 1.88 bits per heavy atom. The number of benzene rings is 1. The number of oxazole rings is 1. The Hall–Kier alpha value is -2.82. The van der Waals surface area contributed by atoms with Crippen molar-refractivity contribution in [3.63, 3.8) is 0 Å². The molecule has 1 saturated carbocycles. The molecular formula is C27H35NO4. The van der Waals surface area contributed by atoms with Crippen LogP contribution in [0.4, 0.5) is 0 Å². The number of allylic oxidation sites excluding steroid dienone is 3. The second kappa shape index (κ2) is 10.7. The van der Waals surface area contributed by atoms with Gasteiger partial charge in [-0.3, -0.25) is 4.79 Å². The summed E-state index contributed by atoms with van der Waals surface area (Å²) in [7, 11) is 0. The largest absolute Gasteiger partial charge is 0.494 e. The third-order valence-corrected chi connectivity index (χ3v) is 5.75. The summed E-state index contributed by atoms with van der Waals surface area (Å²) in [6, 6.07) is 5.94. The van der Waals surface area contributed by atoms with E-state index in [0.29, 0.717) is 43.8 Å². The van der Waals surface area contributed by atoms with Crippen LogP contribution in [0.15, 0.2) is 46.5 Å². The normalized spacial score (nSPS) is 18.9. The molecule has 1 heterocycles. The number of aryl methyl sites for hydroxylation is 3. The maximum absolute atomic E-state index is 12.6. The van der Waals surface area contributed by atoms with Crippen molar-refractivity contribution < 1.29 is 18.7 Å². The standard InChI is InChI=1S/C25H29NO4.C2H6/c1-5-28-23-13-21(19-12-20(19)24(23)29-6-2)25-26-17(14-30-25)8-10-22(27)18-9-7-15(3)11-16(18)4;1-2/h7,9,11,13-14,19-20H,5-6,8,10,12H2,1-4H3;1-2H3. The highest BCUT2D eigenvalue weighted by molar-refractivity contribution is 5.97. The molecule has 5 heteroatoms. The third kappa shape index (κ3) is 5.14. The number of rotatable bonds is 9. The zero-order valence-corrected chi connectivity index (χ0v) is 20.2. The van der Waals surface area contributed by atoms with Gasteiger partial charge in [0, 0.05) is 35.8 Å². The number of Topliss-reactive ketones (excluding diaryl/α,β-unsaturated/α-hetero) is 1. The predicted octanol–water partition coefficient (Wildman–Crippen LogP) is 6.45. The second-order valence-electron chi connectivity index (χ2n) is 8.03. The molecule has 0 saturated heterocycles. The van der Waals surface area contributed by atoms with Crippen molar-refractivity contribution in [2.75, 3.05) is 13.2 Å². The van der Waals surface area contributed by atoms with E-state index in [4.69, 9.17) is 13.9 Å². The number of aromatic nitrogens is 1. The molecule has 0 spiro atoms. The Labute approximate surface area is 191 Å². The van der Waals surface area contributed by atoms with Crippen molar-refractivity contribution in [1.29, 1.82) is 0 Å². The summed E-state index contributed by atoms with van der Waals surface area (Å²) in [6.07, 6.45) is 5.69. The van der Waals surface area contributed by atoms with Crippen LogP contribution in [0.3, 0.4) is 0 Å². The number of carbonyl (C=O) groups is 1. The average molecular weight is 438 g/mol. The highest BCUT2D eigenvalue weighted by atomic mass is 16.5. The number of hydrogen-bond donors (Lipinski definition) is 0. The topological polar surface area (TPSA) is 61.6 Å². The lowest BCUT2D eigenvalue weighted by Crippen LogP contribution is -2.09. The predicted molar refractivity (Wildman–Crippen MR) is 126 cm³/mol. The van der Waals surface area contributed by atoms with Gasteiger partial charge < -0.3 is 13.9 Å². The molecule has 2 aromatic rings. The van der Waals surface area contributed by atoms with Crippen molar-refractivity contribution >= 4 is 11.4 Å². The van der Waals surface area contributed by atoms with Crippen molar-refractivity contribution in [3.8, 4) is 0 Å². The van der Waals surface area contributed by atoms with Crippen LogP contribution in [-0.2, 0) is 15.9 Å². The first-order chi connectivity index (χ1) is 15.5. The zero-order chi connectivity index (χ0) is 23.3. The fourth-order valence-electron chi connectivity index (χ4n) is 4.21. The molecule has 2 aliphatic rings. The number of hydrogen-bond acceptors (Lipinski definition) is 5. The monoisotopic (exact) mass is 437 g/mol. The maximum Gasteiger partial charge on any atom is 0.222 e. The molecule has 2 aliphatic carbocycles. The number of ether oxygens (including phenoxy) is 2. The van der Waals surface area contributed by atoms with E-state index in [9.17, 15) is 4.79 Å². The van der Waals surface area contributed by atoms with Crippen LogP contribution < -0.4 is 0 Å². The Bertz CT molecular complexity index is 1010. The zero-order valence-electron chi connectivity index (χ0n) is 20.2. The van der Waals surface area contributed by atoms with Gasteiger partial charge in [-0.05, 0) is 45.8 Å². The van der Waals surface area contributed by atoms with Crippen LogP contribution in [0.2, 0.25) is 0 Å². The van der Waals surface area contributed by atoms with Gasteiger partial charge in [-0.1, -0.05) is 37.6 Å². The minimum absolute atomic E-state index is 0.138. The van der Waals surface area contributed by atoms with E-state index in [2.05, 4.69) is 4.98 Å². The highest BCUT2D eigenvalue weighted by Crippen LogP contribution is 2.56. The van der Waals surface area contributed by atoms with E-state index in [0.717, 1.165) is 45.9 Å². The van der Waals surface area contributed by atoms with E-state index in [1.807, 2.05) is 65.8 Å². The third-order valence-electron chi connectivity index (χ3n) is 5.75. The van der Waals surface area contributed by atoms with Crippen molar-refractivity contribution in [3.05, 3.63) is 70.3 Å². The van der Waals surface area contributed by atoms with Gasteiger partial charge >= 0.3 is 0 Å². The SMILES string of the molecule is CC.CCOC1=C(OCC)C2CC2C(c2nc(CCC(=O)c3ccc(C)cc3C)co2)=C1. The van der Waals surface area contributed by atoms with Gasteiger partial charge in [0.1, 0.15) is 12.0 Å². The molecule has 172 valence electrons. The lowest BCUT2D eigenvalue weighted by Gasteiger charge is -2.18. The minimum atomic E-state index is 0.138. The van der Waals surface area contributed by atoms with E-state index in [1.54, 1.807) is 6.26 Å². The number of carbonyl (C=O) groups excluding carboxylic acids is 1. The summed E-state index contributed by atoms with van der Waals surface area (Å²) in [6.45, 7) is 13.2. The molecule has 0 N–H and O–H groups in total. The van der Waals surface area contributed by atoms with E-state index in [1.165, 1.54) is 0 Å². The molecule has 1 fully saturated rings. The summed E-state index contributed by atoms with van der Waals surface area (Å²) < 4.78 is 17.4. The van der Waals surface area contributed by atoms with Gasteiger partial charge in [-0.2, -0.15) is 0 Å². The molecule has 1 aromatic heterocycles. The molecule has 2 unspecified atom stereocenters. The van der Waals surface area contributed by atoms with Crippen LogP contribution in [0.1, 0.15) is 73.6 Å². The van der Waals surface area contributed by atoms with Gasteiger partial charge in [0.15, 0.2) is 11.5 Å². The van der Waals surface area contributed by atoms with E-state index in [-0.39, 0.29) is 5.78 Å². The molecule has 1 aromatic carbocycles. The first kappa shape index (κ1) is 23.8. The lowest BCUT2D eigenvalue weighted by atomic mass is 9.99. The number of ketones is 1.